The number of nitrogens with zero attached hydrogens (tertiary/aromatic N) is 3. The van der Waals surface area contributed by atoms with Gasteiger partial charge < -0.3 is 11.1 Å². The minimum atomic E-state index is 0.0700. The molecular formula is C11H7BrClN5. The van der Waals surface area contributed by atoms with Gasteiger partial charge >= 0.3 is 0 Å². The van der Waals surface area contributed by atoms with Gasteiger partial charge in [-0.1, -0.05) is 27.5 Å². The van der Waals surface area contributed by atoms with E-state index in [-0.39, 0.29) is 11.1 Å². The van der Waals surface area contributed by atoms with Gasteiger partial charge in [0.2, 0.25) is 5.95 Å². The zero-order valence-corrected chi connectivity index (χ0v) is 11.3. The van der Waals surface area contributed by atoms with E-state index >= 15 is 0 Å². The highest BCUT2D eigenvalue weighted by molar-refractivity contribution is 9.10. The van der Waals surface area contributed by atoms with E-state index in [1.807, 2.05) is 6.07 Å². The van der Waals surface area contributed by atoms with Crippen molar-refractivity contribution in [1.29, 1.82) is 5.26 Å². The number of nitrogens with one attached hydrogen (secondary N) is 1. The van der Waals surface area contributed by atoms with E-state index < -0.39 is 0 Å². The van der Waals surface area contributed by atoms with Crippen molar-refractivity contribution < 1.29 is 0 Å². The Balaban J connectivity index is 2.37. The van der Waals surface area contributed by atoms with Crippen molar-refractivity contribution >= 4 is 45.0 Å². The Bertz CT molecular complexity index is 618. The van der Waals surface area contributed by atoms with Gasteiger partial charge in [0.15, 0.2) is 0 Å². The number of nitrogen functional groups attached to an aromatic ring is 1. The van der Waals surface area contributed by atoms with Crippen LogP contribution in [0.15, 0.2) is 28.7 Å². The molecule has 0 amide bonds. The number of aromatic nitrogens is 2. The number of rotatable bonds is 2. The van der Waals surface area contributed by atoms with Crippen LogP contribution in [0.2, 0.25) is 5.15 Å². The first kappa shape index (κ1) is 12.6. The molecule has 18 heavy (non-hydrogen) atoms. The largest absolute Gasteiger partial charge is 0.368 e. The Morgan fingerprint density at radius 2 is 2.11 bits per heavy atom. The van der Waals surface area contributed by atoms with Crippen LogP contribution in [0.3, 0.4) is 0 Å². The van der Waals surface area contributed by atoms with E-state index in [0.29, 0.717) is 17.1 Å². The molecule has 0 spiro atoms. The summed E-state index contributed by atoms with van der Waals surface area (Å²) in [6.07, 6.45) is 0. The quantitative estimate of drug-likeness (QED) is 0.829. The molecule has 5 nitrogen and oxygen atoms in total. The number of nitrogens with two attached hydrogens (primary N) is 1. The minimum Gasteiger partial charge on any atom is -0.368 e. The van der Waals surface area contributed by atoms with Gasteiger partial charge in [0, 0.05) is 10.5 Å². The lowest BCUT2D eigenvalue weighted by molar-refractivity contribution is 1.18. The first-order valence-electron chi connectivity index (χ1n) is 4.85. The number of hydrogen-bond donors (Lipinski definition) is 2. The molecule has 0 aliphatic carbocycles. The number of anilines is 3. The summed E-state index contributed by atoms with van der Waals surface area (Å²) in [5.41, 5.74) is 6.59. The summed E-state index contributed by atoms with van der Waals surface area (Å²) in [7, 11) is 0. The maximum Gasteiger partial charge on any atom is 0.223 e. The Labute approximate surface area is 117 Å². The van der Waals surface area contributed by atoms with E-state index in [2.05, 4.69) is 37.3 Å². The Kier molecular flexibility index (Phi) is 3.65. The molecule has 0 fully saturated rings. The highest BCUT2D eigenvalue weighted by Gasteiger charge is 2.05. The highest BCUT2D eigenvalue weighted by atomic mass is 79.9. The molecule has 7 heteroatoms. The van der Waals surface area contributed by atoms with Gasteiger partial charge in [0.05, 0.1) is 11.3 Å². The van der Waals surface area contributed by atoms with Crippen LogP contribution in [0.25, 0.3) is 0 Å². The first-order valence-corrected chi connectivity index (χ1v) is 6.02. The molecule has 0 aliphatic rings. The van der Waals surface area contributed by atoms with E-state index in [1.165, 1.54) is 6.07 Å². The molecule has 1 aromatic carbocycles. The third kappa shape index (κ3) is 2.88. The number of benzene rings is 1. The molecule has 3 N–H and O–H groups in total. The highest BCUT2D eigenvalue weighted by Crippen LogP contribution is 2.24. The SMILES string of the molecule is N#Cc1cc(Br)ccc1Nc1cc(Cl)nc(N)n1. The lowest BCUT2D eigenvalue weighted by atomic mass is 10.2. The molecular weight excluding hydrogens is 318 g/mol. The molecule has 1 aromatic heterocycles. The summed E-state index contributed by atoms with van der Waals surface area (Å²) in [4.78, 5) is 7.73. The second kappa shape index (κ2) is 5.21. The second-order valence-electron chi connectivity index (χ2n) is 3.36. The Hall–Kier alpha value is -1.84. The number of nitriles is 1. The van der Waals surface area contributed by atoms with E-state index in [1.54, 1.807) is 12.1 Å². The summed E-state index contributed by atoms with van der Waals surface area (Å²) >= 11 is 9.07. The van der Waals surface area contributed by atoms with Crippen molar-refractivity contribution in [3.05, 3.63) is 39.5 Å². The molecule has 0 saturated heterocycles. The maximum atomic E-state index is 9.04. The Morgan fingerprint density at radius 1 is 1.33 bits per heavy atom. The average Bonchev–Trinajstić information content (AvgIpc) is 2.30. The Morgan fingerprint density at radius 3 is 2.78 bits per heavy atom. The standard InChI is InChI=1S/C11H7BrClN5/c12-7-1-2-8(6(3-7)5-14)16-10-4-9(13)17-11(15)18-10/h1-4H,(H3,15,16,17,18). The van der Waals surface area contributed by atoms with Gasteiger partial charge in [-0.25, -0.2) is 4.98 Å². The van der Waals surface area contributed by atoms with Gasteiger partial charge in [-0.05, 0) is 18.2 Å². The zero-order valence-electron chi connectivity index (χ0n) is 8.98. The van der Waals surface area contributed by atoms with Crippen LogP contribution in [-0.4, -0.2) is 9.97 Å². The topological polar surface area (TPSA) is 87.6 Å². The number of halogens is 2. The minimum absolute atomic E-state index is 0.0700. The summed E-state index contributed by atoms with van der Waals surface area (Å²) in [6.45, 7) is 0. The molecule has 0 bridgehead atoms. The molecule has 1 heterocycles. The van der Waals surface area contributed by atoms with Crippen molar-refractivity contribution in [3.63, 3.8) is 0 Å². The van der Waals surface area contributed by atoms with Gasteiger partial charge in [-0.3, -0.25) is 0 Å². The fourth-order valence-electron chi connectivity index (χ4n) is 1.36. The monoisotopic (exact) mass is 323 g/mol. The fourth-order valence-corrected chi connectivity index (χ4v) is 1.91. The van der Waals surface area contributed by atoms with Crippen LogP contribution >= 0.6 is 27.5 Å². The van der Waals surface area contributed by atoms with Crippen molar-refractivity contribution in [2.45, 2.75) is 0 Å². The summed E-state index contributed by atoms with van der Waals surface area (Å²) in [5, 5.41) is 12.2. The van der Waals surface area contributed by atoms with Gasteiger partial charge in [-0.15, -0.1) is 0 Å². The summed E-state index contributed by atoms with van der Waals surface area (Å²) in [5.74, 6) is 0.506. The molecule has 2 rings (SSSR count). The molecule has 2 aromatic rings. The molecule has 90 valence electrons. The van der Waals surface area contributed by atoms with Crippen molar-refractivity contribution in [2.24, 2.45) is 0 Å². The smallest absolute Gasteiger partial charge is 0.223 e. The predicted octanol–water partition coefficient (Wildman–Crippen LogP) is 3.09. The van der Waals surface area contributed by atoms with E-state index in [4.69, 9.17) is 22.6 Å². The van der Waals surface area contributed by atoms with Crippen LogP contribution in [0.5, 0.6) is 0 Å². The third-order valence-electron chi connectivity index (χ3n) is 2.08. The third-order valence-corrected chi connectivity index (χ3v) is 2.76. The van der Waals surface area contributed by atoms with E-state index in [9.17, 15) is 0 Å². The second-order valence-corrected chi connectivity index (χ2v) is 4.66. The van der Waals surface area contributed by atoms with Crippen LogP contribution in [0, 0.1) is 11.3 Å². The maximum absolute atomic E-state index is 9.04. The fraction of sp³-hybridized carbons (Fsp3) is 0. The van der Waals surface area contributed by atoms with Crippen molar-refractivity contribution in [2.75, 3.05) is 11.1 Å². The van der Waals surface area contributed by atoms with Gasteiger partial charge in [0.1, 0.15) is 17.0 Å². The van der Waals surface area contributed by atoms with Gasteiger partial charge in [-0.2, -0.15) is 10.2 Å². The average molecular weight is 325 g/mol. The normalized spacial score (nSPS) is 9.83. The van der Waals surface area contributed by atoms with Crippen LogP contribution in [0.4, 0.5) is 17.5 Å². The molecule has 0 radical (unpaired) electrons. The lowest BCUT2D eigenvalue weighted by Gasteiger charge is -2.08. The van der Waals surface area contributed by atoms with Crippen LogP contribution in [-0.2, 0) is 0 Å². The molecule has 0 unspecified atom stereocenters. The predicted molar refractivity (Wildman–Crippen MR) is 73.6 cm³/mol. The zero-order chi connectivity index (χ0) is 13.1. The van der Waals surface area contributed by atoms with Crippen LogP contribution in [0.1, 0.15) is 5.56 Å². The molecule has 0 saturated carbocycles. The lowest BCUT2D eigenvalue weighted by Crippen LogP contribution is -2.01. The number of hydrogen-bond acceptors (Lipinski definition) is 5. The van der Waals surface area contributed by atoms with Crippen molar-refractivity contribution in [1.82, 2.24) is 9.97 Å². The van der Waals surface area contributed by atoms with Crippen molar-refractivity contribution in [3.8, 4) is 6.07 Å². The summed E-state index contributed by atoms with van der Waals surface area (Å²) < 4.78 is 0.824. The summed E-state index contributed by atoms with van der Waals surface area (Å²) in [6, 6.07) is 8.89. The van der Waals surface area contributed by atoms with Gasteiger partial charge in [0.25, 0.3) is 0 Å². The van der Waals surface area contributed by atoms with E-state index in [0.717, 1.165) is 4.47 Å². The molecule has 0 atom stereocenters. The van der Waals surface area contributed by atoms with Crippen LogP contribution < -0.4 is 11.1 Å². The first-order chi connectivity index (χ1) is 8.58. The molecule has 0 aliphatic heterocycles.